The molecule has 4 aromatic rings. The number of thiophene rings is 1. The Morgan fingerprint density at radius 3 is 2.73 bits per heavy atom. The Bertz CT molecular complexity index is 912. The predicted molar refractivity (Wildman–Crippen MR) is 105 cm³/mol. The van der Waals surface area contributed by atoms with Gasteiger partial charge in [0.1, 0.15) is 11.5 Å². The van der Waals surface area contributed by atoms with Crippen molar-refractivity contribution < 1.29 is 4.42 Å². The van der Waals surface area contributed by atoms with Gasteiger partial charge >= 0.3 is 0 Å². The Hall–Kier alpha value is -2.63. The van der Waals surface area contributed by atoms with Gasteiger partial charge in [-0.1, -0.05) is 36.4 Å². The van der Waals surface area contributed by atoms with Crippen molar-refractivity contribution in [2.75, 3.05) is 6.54 Å². The molecule has 0 unspecified atom stereocenters. The van der Waals surface area contributed by atoms with Gasteiger partial charge in [0.05, 0.1) is 17.7 Å². The van der Waals surface area contributed by atoms with Crippen molar-refractivity contribution in [3.8, 4) is 10.6 Å². The van der Waals surface area contributed by atoms with Crippen LogP contribution in [0.2, 0.25) is 0 Å². The van der Waals surface area contributed by atoms with Gasteiger partial charge < -0.3 is 9.73 Å². The Labute approximate surface area is 157 Å². The van der Waals surface area contributed by atoms with E-state index in [-0.39, 0.29) is 0 Å². The maximum absolute atomic E-state index is 5.38. The van der Waals surface area contributed by atoms with Crippen molar-refractivity contribution in [1.29, 1.82) is 0 Å². The third kappa shape index (κ3) is 4.12. The zero-order valence-corrected chi connectivity index (χ0v) is 15.3. The summed E-state index contributed by atoms with van der Waals surface area (Å²) in [7, 11) is 0. The van der Waals surface area contributed by atoms with Gasteiger partial charge in [0, 0.05) is 31.3 Å². The minimum Gasteiger partial charge on any atom is -0.469 e. The van der Waals surface area contributed by atoms with E-state index in [0.29, 0.717) is 0 Å². The van der Waals surface area contributed by atoms with Crippen molar-refractivity contribution in [3.63, 3.8) is 0 Å². The number of aromatic nitrogens is 2. The highest BCUT2D eigenvalue weighted by molar-refractivity contribution is 7.13. The SMILES string of the molecule is c1ccc(Cn2cc(CNCCc3ccco3)c(-c3cccs3)n2)cc1. The van der Waals surface area contributed by atoms with Crippen LogP contribution in [0.15, 0.2) is 76.9 Å². The fourth-order valence-electron chi connectivity index (χ4n) is 2.95. The monoisotopic (exact) mass is 363 g/mol. The van der Waals surface area contributed by atoms with Gasteiger partial charge in [0.15, 0.2) is 0 Å². The molecule has 0 fully saturated rings. The second-order valence-electron chi connectivity index (χ2n) is 6.17. The van der Waals surface area contributed by atoms with Crippen LogP contribution in [-0.4, -0.2) is 16.3 Å². The van der Waals surface area contributed by atoms with E-state index in [0.717, 1.165) is 37.5 Å². The summed E-state index contributed by atoms with van der Waals surface area (Å²) in [6, 6.07) is 18.6. The van der Waals surface area contributed by atoms with Crippen LogP contribution >= 0.6 is 11.3 Å². The first-order chi connectivity index (χ1) is 12.9. The summed E-state index contributed by atoms with van der Waals surface area (Å²) >= 11 is 1.73. The molecule has 0 saturated heterocycles. The lowest BCUT2D eigenvalue weighted by atomic mass is 10.2. The molecule has 5 heteroatoms. The molecule has 0 amide bonds. The fraction of sp³-hybridized carbons (Fsp3) is 0.190. The molecule has 3 heterocycles. The minimum atomic E-state index is 0.783. The molecule has 0 aliphatic rings. The Morgan fingerprint density at radius 1 is 1.04 bits per heavy atom. The number of nitrogens with zero attached hydrogens (tertiary/aromatic N) is 2. The van der Waals surface area contributed by atoms with Crippen LogP contribution in [0, 0.1) is 0 Å². The van der Waals surface area contributed by atoms with Crippen LogP contribution in [0.5, 0.6) is 0 Å². The van der Waals surface area contributed by atoms with Gasteiger partial charge in [-0.2, -0.15) is 5.10 Å². The molecule has 0 bridgehead atoms. The molecule has 132 valence electrons. The van der Waals surface area contributed by atoms with E-state index in [4.69, 9.17) is 9.52 Å². The fourth-order valence-corrected chi connectivity index (χ4v) is 3.70. The summed E-state index contributed by atoms with van der Waals surface area (Å²) in [5.41, 5.74) is 3.55. The Kier molecular flexibility index (Phi) is 5.28. The standard InChI is InChI=1S/C21H21N3OS/c1-2-6-17(7-3-1)15-24-16-18(21(23-24)20-9-5-13-26-20)14-22-11-10-19-8-4-12-25-19/h1-9,12-13,16,22H,10-11,14-15H2. The summed E-state index contributed by atoms with van der Waals surface area (Å²) < 4.78 is 7.42. The third-order valence-corrected chi connectivity index (χ3v) is 5.10. The second kappa shape index (κ2) is 8.17. The van der Waals surface area contributed by atoms with Crippen molar-refractivity contribution in [3.05, 3.63) is 89.3 Å². The summed E-state index contributed by atoms with van der Waals surface area (Å²) in [6.07, 6.45) is 4.76. The largest absolute Gasteiger partial charge is 0.469 e. The molecule has 0 spiro atoms. The molecule has 26 heavy (non-hydrogen) atoms. The number of hydrogen-bond acceptors (Lipinski definition) is 4. The number of hydrogen-bond donors (Lipinski definition) is 1. The zero-order valence-electron chi connectivity index (χ0n) is 14.5. The van der Waals surface area contributed by atoms with Crippen molar-refractivity contribution >= 4 is 11.3 Å². The number of rotatable bonds is 8. The van der Waals surface area contributed by atoms with Crippen LogP contribution in [0.1, 0.15) is 16.9 Å². The average Bonchev–Trinajstić information content (AvgIpc) is 3.41. The van der Waals surface area contributed by atoms with E-state index in [1.54, 1.807) is 17.6 Å². The molecule has 1 aromatic carbocycles. The summed E-state index contributed by atoms with van der Waals surface area (Å²) in [5.74, 6) is 1.01. The molecular formula is C21H21N3OS. The van der Waals surface area contributed by atoms with E-state index < -0.39 is 0 Å². The molecule has 0 saturated carbocycles. The molecule has 0 radical (unpaired) electrons. The lowest BCUT2D eigenvalue weighted by Crippen LogP contribution is -2.16. The second-order valence-corrected chi connectivity index (χ2v) is 7.12. The number of benzene rings is 1. The summed E-state index contributed by atoms with van der Waals surface area (Å²) in [5, 5.41) is 10.5. The van der Waals surface area contributed by atoms with Crippen LogP contribution < -0.4 is 5.32 Å². The van der Waals surface area contributed by atoms with Crippen molar-refractivity contribution in [2.24, 2.45) is 0 Å². The van der Waals surface area contributed by atoms with Gasteiger partial charge in [-0.3, -0.25) is 4.68 Å². The summed E-state index contributed by atoms with van der Waals surface area (Å²) in [6.45, 7) is 2.45. The highest BCUT2D eigenvalue weighted by Crippen LogP contribution is 2.27. The third-order valence-electron chi connectivity index (χ3n) is 4.22. The lowest BCUT2D eigenvalue weighted by Gasteiger charge is -2.03. The molecule has 0 aliphatic carbocycles. The first-order valence-corrected chi connectivity index (χ1v) is 9.64. The first-order valence-electron chi connectivity index (χ1n) is 8.76. The molecule has 0 atom stereocenters. The molecule has 0 aliphatic heterocycles. The molecule has 4 rings (SSSR count). The number of furan rings is 1. The molecule has 4 nitrogen and oxygen atoms in total. The van der Waals surface area contributed by atoms with E-state index in [1.807, 2.05) is 22.9 Å². The number of nitrogens with one attached hydrogen (secondary N) is 1. The van der Waals surface area contributed by atoms with Gasteiger partial charge in [-0.05, 0) is 29.1 Å². The maximum atomic E-state index is 5.38. The van der Waals surface area contributed by atoms with Crippen molar-refractivity contribution in [2.45, 2.75) is 19.5 Å². The van der Waals surface area contributed by atoms with Crippen LogP contribution in [0.25, 0.3) is 10.6 Å². The van der Waals surface area contributed by atoms with Gasteiger partial charge in [-0.25, -0.2) is 0 Å². The average molecular weight is 363 g/mol. The van der Waals surface area contributed by atoms with Gasteiger partial charge in [0.2, 0.25) is 0 Å². The maximum Gasteiger partial charge on any atom is 0.107 e. The van der Waals surface area contributed by atoms with E-state index in [1.165, 1.54) is 16.0 Å². The molecular weight excluding hydrogens is 342 g/mol. The normalized spacial score (nSPS) is 11.1. The first kappa shape index (κ1) is 16.8. The predicted octanol–water partition coefficient (Wildman–Crippen LogP) is 4.59. The highest BCUT2D eigenvalue weighted by Gasteiger charge is 2.12. The van der Waals surface area contributed by atoms with Crippen LogP contribution in [0.3, 0.4) is 0 Å². The van der Waals surface area contributed by atoms with E-state index in [9.17, 15) is 0 Å². The van der Waals surface area contributed by atoms with Gasteiger partial charge in [0.25, 0.3) is 0 Å². The molecule has 3 aromatic heterocycles. The minimum absolute atomic E-state index is 0.783. The van der Waals surface area contributed by atoms with Crippen LogP contribution in [-0.2, 0) is 19.5 Å². The quantitative estimate of drug-likeness (QED) is 0.466. The lowest BCUT2D eigenvalue weighted by molar-refractivity contribution is 0.499. The Balaban J connectivity index is 1.46. The highest BCUT2D eigenvalue weighted by atomic mass is 32.1. The van der Waals surface area contributed by atoms with Crippen LogP contribution in [0.4, 0.5) is 0 Å². The van der Waals surface area contributed by atoms with E-state index in [2.05, 4.69) is 53.3 Å². The van der Waals surface area contributed by atoms with Gasteiger partial charge in [-0.15, -0.1) is 11.3 Å². The van der Waals surface area contributed by atoms with E-state index >= 15 is 0 Å². The Morgan fingerprint density at radius 2 is 1.96 bits per heavy atom. The topological polar surface area (TPSA) is 43.0 Å². The van der Waals surface area contributed by atoms with Crippen molar-refractivity contribution in [1.82, 2.24) is 15.1 Å². The smallest absolute Gasteiger partial charge is 0.107 e. The summed E-state index contributed by atoms with van der Waals surface area (Å²) in [4.78, 5) is 1.21. The molecule has 1 N–H and O–H groups in total. The zero-order chi connectivity index (χ0) is 17.6.